The summed E-state index contributed by atoms with van der Waals surface area (Å²) in [6, 6.07) is 5.67. The van der Waals surface area contributed by atoms with Gasteiger partial charge in [-0.25, -0.2) is 4.79 Å². The van der Waals surface area contributed by atoms with Crippen molar-refractivity contribution in [3.8, 4) is 0 Å². The van der Waals surface area contributed by atoms with Crippen molar-refractivity contribution in [3.63, 3.8) is 0 Å². The van der Waals surface area contributed by atoms with Crippen LogP contribution in [0.4, 0.5) is 5.69 Å². The number of nitrogens with one attached hydrogen (secondary N) is 1. The predicted octanol–water partition coefficient (Wildman–Crippen LogP) is 2.51. The quantitative estimate of drug-likeness (QED) is 0.775. The summed E-state index contributed by atoms with van der Waals surface area (Å²) in [4.78, 5) is 10.8. The van der Waals surface area contributed by atoms with Crippen LogP contribution in [0.25, 0.3) is 0 Å². The van der Waals surface area contributed by atoms with Crippen molar-refractivity contribution < 1.29 is 9.90 Å². The zero-order chi connectivity index (χ0) is 10.7. The van der Waals surface area contributed by atoms with E-state index in [0.717, 1.165) is 11.3 Å². The Morgan fingerprint density at radius 3 is 2.57 bits per heavy atom. The largest absolute Gasteiger partial charge is 0.478 e. The van der Waals surface area contributed by atoms with E-state index in [-0.39, 0.29) is 0 Å². The fourth-order valence-electron chi connectivity index (χ4n) is 1.28. The van der Waals surface area contributed by atoms with Gasteiger partial charge in [0.15, 0.2) is 0 Å². The molecule has 2 N–H and O–H groups in total. The molecule has 1 rings (SSSR count). The first-order valence-electron chi connectivity index (χ1n) is 4.61. The van der Waals surface area contributed by atoms with Crippen LogP contribution >= 0.6 is 0 Å². The lowest BCUT2D eigenvalue weighted by Crippen LogP contribution is -2.10. The second-order valence-corrected chi connectivity index (χ2v) is 3.63. The van der Waals surface area contributed by atoms with E-state index in [1.807, 2.05) is 26.0 Å². The molecule has 0 aliphatic heterocycles. The number of hydrogen-bond acceptors (Lipinski definition) is 2. The molecule has 0 spiro atoms. The molecule has 0 fully saturated rings. The summed E-state index contributed by atoms with van der Waals surface area (Å²) in [6.45, 7) is 5.82. The summed E-state index contributed by atoms with van der Waals surface area (Å²) in [6.07, 6.45) is 0. The zero-order valence-corrected chi connectivity index (χ0v) is 8.66. The number of carbonyl (C=O) groups is 1. The third-order valence-corrected chi connectivity index (χ3v) is 1.92. The van der Waals surface area contributed by atoms with Gasteiger partial charge in [0.05, 0.1) is 5.56 Å². The van der Waals surface area contributed by atoms with Gasteiger partial charge in [-0.15, -0.1) is 0 Å². The molecule has 0 atom stereocenters. The van der Waals surface area contributed by atoms with Crippen LogP contribution in [0.3, 0.4) is 0 Å². The molecule has 1 aromatic rings. The van der Waals surface area contributed by atoms with E-state index in [1.54, 1.807) is 13.0 Å². The van der Waals surface area contributed by atoms with E-state index in [9.17, 15) is 4.79 Å². The number of hydrogen-bond donors (Lipinski definition) is 2. The summed E-state index contributed by atoms with van der Waals surface area (Å²) in [5.74, 6) is -0.880. The standard InChI is InChI=1S/C11H15NO2/c1-7(2)12-9-5-4-8(3)10(6-9)11(13)14/h4-7,12H,1-3H3,(H,13,14). The molecule has 0 radical (unpaired) electrons. The van der Waals surface area contributed by atoms with Crippen molar-refractivity contribution >= 4 is 11.7 Å². The number of anilines is 1. The second-order valence-electron chi connectivity index (χ2n) is 3.63. The number of benzene rings is 1. The topological polar surface area (TPSA) is 49.3 Å². The van der Waals surface area contributed by atoms with Crippen LogP contribution in [0, 0.1) is 6.92 Å². The van der Waals surface area contributed by atoms with E-state index in [0.29, 0.717) is 11.6 Å². The first kappa shape index (κ1) is 10.6. The normalized spacial score (nSPS) is 10.3. The highest BCUT2D eigenvalue weighted by molar-refractivity contribution is 5.90. The monoisotopic (exact) mass is 193 g/mol. The Balaban J connectivity index is 3.00. The predicted molar refractivity (Wildman–Crippen MR) is 56.9 cm³/mol. The number of aromatic carboxylic acids is 1. The van der Waals surface area contributed by atoms with E-state index >= 15 is 0 Å². The highest BCUT2D eigenvalue weighted by Gasteiger charge is 2.07. The maximum atomic E-state index is 10.8. The molecule has 0 amide bonds. The Bertz CT molecular complexity index is 345. The molecule has 0 heterocycles. The Labute approximate surface area is 83.8 Å². The van der Waals surface area contributed by atoms with Crippen molar-refractivity contribution in [2.24, 2.45) is 0 Å². The molecule has 0 aliphatic carbocycles. The molecule has 14 heavy (non-hydrogen) atoms. The average Bonchev–Trinajstić information content (AvgIpc) is 2.07. The van der Waals surface area contributed by atoms with Crippen molar-refractivity contribution in [1.29, 1.82) is 0 Å². The van der Waals surface area contributed by atoms with Gasteiger partial charge in [0.1, 0.15) is 0 Å². The van der Waals surface area contributed by atoms with E-state index in [2.05, 4.69) is 5.32 Å². The molecule has 0 aromatic heterocycles. The van der Waals surface area contributed by atoms with E-state index < -0.39 is 5.97 Å². The molecular formula is C11H15NO2. The molecule has 0 saturated heterocycles. The van der Waals surface area contributed by atoms with Crippen LogP contribution in [0.5, 0.6) is 0 Å². The van der Waals surface area contributed by atoms with E-state index in [1.165, 1.54) is 0 Å². The van der Waals surface area contributed by atoms with Gasteiger partial charge < -0.3 is 10.4 Å². The van der Waals surface area contributed by atoms with Gasteiger partial charge in [0, 0.05) is 11.7 Å². The molecule has 0 saturated carbocycles. The van der Waals surface area contributed by atoms with Crippen LogP contribution in [-0.2, 0) is 0 Å². The van der Waals surface area contributed by atoms with Gasteiger partial charge in [0.25, 0.3) is 0 Å². The molecule has 1 aromatic carbocycles. The smallest absolute Gasteiger partial charge is 0.336 e. The minimum atomic E-state index is -0.880. The fraction of sp³-hybridized carbons (Fsp3) is 0.364. The number of carboxylic acid groups (broad SMARTS) is 1. The fourth-order valence-corrected chi connectivity index (χ4v) is 1.28. The Hall–Kier alpha value is -1.51. The lowest BCUT2D eigenvalue weighted by molar-refractivity contribution is 0.0696. The minimum absolute atomic E-state index is 0.305. The van der Waals surface area contributed by atoms with Crippen LogP contribution in [0.2, 0.25) is 0 Å². The van der Waals surface area contributed by atoms with Gasteiger partial charge in [0.2, 0.25) is 0 Å². The Kier molecular flexibility index (Phi) is 3.12. The van der Waals surface area contributed by atoms with Crippen LogP contribution in [-0.4, -0.2) is 17.1 Å². The highest BCUT2D eigenvalue weighted by atomic mass is 16.4. The molecular weight excluding hydrogens is 178 g/mol. The molecule has 0 aliphatic rings. The molecule has 76 valence electrons. The van der Waals surface area contributed by atoms with E-state index in [4.69, 9.17) is 5.11 Å². The maximum absolute atomic E-state index is 10.8. The average molecular weight is 193 g/mol. The van der Waals surface area contributed by atoms with Crippen LogP contribution in [0.15, 0.2) is 18.2 Å². The summed E-state index contributed by atoms with van der Waals surface area (Å²) in [7, 11) is 0. The first-order valence-corrected chi connectivity index (χ1v) is 4.61. The molecule has 3 nitrogen and oxygen atoms in total. The van der Waals surface area contributed by atoms with Gasteiger partial charge in [-0.1, -0.05) is 6.07 Å². The van der Waals surface area contributed by atoms with Crippen molar-refractivity contribution in [2.75, 3.05) is 5.32 Å². The second kappa shape index (κ2) is 4.13. The van der Waals surface area contributed by atoms with Gasteiger partial charge in [-0.2, -0.15) is 0 Å². The lowest BCUT2D eigenvalue weighted by atomic mass is 10.1. The van der Waals surface area contributed by atoms with Crippen molar-refractivity contribution in [2.45, 2.75) is 26.8 Å². The molecule has 0 unspecified atom stereocenters. The van der Waals surface area contributed by atoms with Crippen molar-refractivity contribution in [1.82, 2.24) is 0 Å². The zero-order valence-electron chi connectivity index (χ0n) is 8.66. The van der Waals surface area contributed by atoms with Gasteiger partial charge in [-0.05, 0) is 38.5 Å². The summed E-state index contributed by atoms with van der Waals surface area (Å²) < 4.78 is 0. The van der Waals surface area contributed by atoms with Crippen LogP contribution < -0.4 is 5.32 Å². The summed E-state index contributed by atoms with van der Waals surface area (Å²) >= 11 is 0. The highest BCUT2D eigenvalue weighted by Crippen LogP contribution is 2.15. The Morgan fingerprint density at radius 1 is 1.43 bits per heavy atom. The third-order valence-electron chi connectivity index (χ3n) is 1.92. The molecule has 0 bridgehead atoms. The summed E-state index contributed by atoms with van der Waals surface area (Å²) in [5, 5.41) is 12.1. The Morgan fingerprint density at radius 2 is 2.07 bits per heavy atom. The summed E-state index contributed by atoms with van der Waals surface area (Å²) in [5.41, 5.74) is 1.99. The minimum Gasteiger partial charge on any atom is -0.478 e. The van der Waals surface area contributed by atoms with Crippen LogP contribution in [0.1, 0.15) is 29.8 Å². The maximum Gasteiger partial charge on any atom is 0.336 e. The van der Waals surface area contributed by atoms with Gasteiger partial charge in [-0.3, -0.25) is 0 Å². The number of aryl methyl sites for hydroxylation is 1. The molecule has 3 heteroatoms. The first-order chi connectivity index (χ1) is 6.50. The third kappa shape index (κ3) is 2.49. The number of rotatable bonds is 3. The van der Waals surface area contributed by atoms with Gasteiger partial charge >= 0.3 is 5.97 Å². The SMILES string of the molecule is Cc1ccc(NC(C)C)cc1C(=O)O. The van der Waals surface area contributed by atoms with Crippen molar-refractivity contribution in [3.05, 3.63) is 29.3 Å². The lowest BCUT2D eigenvalue weighted by Gasteiger charge is -2.11. The number of carboxylic acids is 1.